The summed E-state index contributed by atoms with van der Waals surface area (Å²) < 4.78 is 15.5. The molecule has 1 aromatic carbocycles. The molecule has 10 heteroatoms. The minimum absolute atomic E-state index is 0.0539. The number of nitrogens with zero attached hydrogens (tertiary/aromatic N) is 3. The number of rotatable bonds is 4. The highest BCUT2D eigenvalue weighted by atomic mass is 127. The molecule has 1 aliphatic rings. The molecule has 166 valence electrons. The summed E-state index contributed by atoms with van der Waals surface area (Å²) >= 11 is 7.85. The Hall–Kier alpha value is -2.14. The van der Waals surface area contributed by atoms with Gasteiger partial charge in [0.15, 0.2) is 5.75 Å². The molecule has 2 amide bonds. The van der Waals surface area contributed by atoms with Crippen molar-refractivity contribution in [2.24, 2.45) is 0 Å². The average Bonchev–Trinajstić information content (AvgIpc) is 2.69. The van der Waals surface area contributed by atoms with Crippen LogP contribution in [0, 0.1) is 9.39 Å². The van der Waals surface area contributed by atoms with Crippen LogP contribution in [0.1, 0.15) is 51.9 Å². The smallest absolute Gasteiger partial charge is 0.294 e. The van der Waals surface area contributed by atoms with E-state index in [4.69, 9.17) is 11.6 Å². The van der Waals surface area contributed by atoms with E-state index in [2.05, 4.69) is 0 Å². The van der Waals surface area contributed by atoms with Gasteiger partial charge in [-0.3, -0.25) is 19.0 Å². The number of pyridine rings is 1. The lowest BCUT2D eigenvalue weighted by Crippen LogP contribution is -2.43. The third kappa shape index (κ3) is 4.17. The van der Waals surface area contributed by atoms with Crippen LogP contribution in [-0.2, 0) is 13.0 Å². The van der Waals surface area contributed by atoms with Crippen LogP contribution in [0.25, 0.3) is 0 Å². The van der Waals surface area contributed by atoms with Gasteiger partial charge in [-0.1, -0.05) is 11.6 Å². The van der Waals surface area contributed by atoms with Crippen LogP contribution in [0.2, 0.25) is 5.02 Å². The van der Waals surface area contributed by atoms with Gasteiger partial charge in [-0.05, 0) is 60.6 Å². The van der Waals surface area contributed by atoms with Gasteiger partial charge in [-0.2, -0.15) is 0 Å². The van der Waals surface area contributed by atoms with Crippen molar-refractivity contribution in [2.75, 3.05) is 20.6 Å². The lowest BCUT2D eigenvalue weighted by Gasteiger charge is -2.32. The summed E-state index contributed by atoms with van der Waals surface area (Å²) in [4.78, 5) is 41.9. The Bertz CT molecular complexity index is 1150. The molecule has 0 unspecified atom stereocenters. The van der Waals surface area contributed by atoms with E-state index < -0.39 is 35.0 Å². The zero-order valence-corrected chi connectivity index (χ0v) is 20.4. The van der Waals surface area contributed by atoms with Gasteiger partial charge in [0.2, 0.25) is 0 Å². The highest BCUT2D eigenvalue weighted by molar-refractivity contribution is 14.1. The molecule has 1 aromatic heterocycles. The molecule has 0 bridgehead atoms. The molecule has 3 rings (SSSR count). The molecule has 1 aliphatic heterocycles. The molecule has 31 heavy (non-hydrogen) atoms. The first-order valence-electron chi connectivity index (χ1n) is 9.60. The third-order valence-electron chi connectivity index (χ3n) is 5.20. The Kier molecular flexibility index (Phi) is 6.66. The molecule has 0 aliphatic carbocycles. The number of carbonyl (C=O) groups excluding carboxylic acids is 2. The second-order valence-corrected chi connectivity index (χ2v) is 9.42. The van der Waals surface area contributed by atoms with E-state index in [0.717, 1.165) is 0 Å². The van der Waals surface area contributed by atoms with Gasteiger partial charge in [0.25, 0.3) is 17.4 Å². The minimum atomic E-state index is -0.784. The lowest BCUT2D eigenvalue weighted by atomic mass is 9.94. The van der Waals surface area contributed by atoms with E-state index in [1.54, 1.807) is 27.9 Å². The first-order valence-corrected chi connectivity index (χ1v) is 11.1. The molecule has 2 aromatic rings. The van der Waals surface area contributed by atoms with Crippen molar-refractivity contribution in [3.8, 4) is 5.75 Å². The standard InChI is InChI=1S/C21H22ClFIN3O4/c1-10(2)27-17(20(30)25(3)4)12-5-6-26(19(29)16(12)18(28)21(27)31)9-11-7-13(22)14(23)8-15(11)24/h7-8,10,28H,5-6,9H2,1-4H3. The summed E-state index contributed by atoms with van der Waals surface area (Å²) in [5.41, 5.74) is 0.182. The van der Waals surface area contributed by atoms with Gasteiger partial charge in [0, 0.05) is 42.4 Å². The van der Waals surface area contributed by atoms with Crippen molar-refractivity contribution < 1.29 is 19.1 Å². The highest BCUT2D eigenvalue weighted by Gasteiger charge is 2.36. The van der Waals surface area contributed by atoms with E-state index in [1.165, 1.54) is 26.5 Å². The largest absolute Gasteiger partial charge is 0.502 e. The van der Waals surface area contributed by atoms with Crippen molar-refractivity contribution in [3.05, 3.63) is 59.3 Å². The Labute approximate surface area is 197 Å². The summed E-state index contributed by atoms with van der Waals surface area (Å²) in [6, 6.07) is 2.35. The Balaban J connectivity index is 2.13. The number of benzene rings is 1. The number of aromatic nitrogens is 1. The topological polar surface area (TPSA) is 82.8 Å². The third-order valence-corrected chi connectivity index (χ3v) is 6.49. The predicted molar refractivity (Wildman–Crippen MR) is 123 cm³/mol. The van der Waals surface area contributed by atoms with E-state index in [9.17, 15) is 23.9 Å². The van der Waals surface area contributed by atoms with Crippen LogP contribution in [0.5, 0.6) is 5.75 Å². The van der Waals surface area contributed by atoms with E-state index in [-0.39, 0.29) is 35.8 Å². The van der Waals surface area contributed by atoms with Crippen molar-refractivity contribution in [2.45, 2.75) is 32.9 Å². The fourth-order valence-corrected chi connectivity index (χ4v) is 4.47. The number of halogens is 3. The van der Waals surface area contributed by atoms with Crippen LogP contribution in [0.3, 0.4) is 0 Å². The maximum absolute atomic E-state index is 13.7. The number of hydrogen-bond donors (Lipinski definition) is 1. The molecule has 0 saturated carbocycles. The second kappa shape index (κ2) is 8.78. The van der Waals surface area contributed by atoms with Gasteiger partial charge >= 0.3 is 0 Å². The van der Waals surface area contributed by atoms with Gasteiger partial charge in [-0.25, -0.2) is 4.39 Å². The van der Waals surface area contributed by atoms with Crippen molar-refractivity contribution in [1.29, 1.82) is 0 Å². The zero-order chi connectivity index (χ0) is 23.2. The van der Waals surface area contributed by atoms with E-state index >= 15 is 0 Å². The van der Waals surface area contributed by atoms with Crippen LogP contribution >= 0.6 is 34.2 Å². The van der Waals surface area contributed by atoms with E-state index in [1.807, 2.05) is 22.6 Å². The highest BCUT2D eigenvalue weighted by Crippen LogP contribution is 2.31. The van der Waals surface area contributed by atoms with Crippen LogP contribution in [0.4, 0.5) is 4.39 Å². The molecule has 0 spiro atoms. The molecule has 0 saturated heterocycles. The normalized spacial score (nSPS) is 13.5. The van der Waals surface area contributed by atoms with Crippen molar-refractivity contribution >= 4 is 46.0 Å². The quantitative estimate of drug-likeness (QED) is 0.458. The van der Waals surface area contributed by atoms with Gasteiger partial charge < -0.3 is 14.9 Å². The van der Waals surface area contributed by atoms with Crippen molar-refractivity contribution in [3.63, 3.8) is 0 Å². The lowest BCUT2D eigenvalue weighted by molar-refractivity contribution is 0.0719. The number of hydrogen-bond acceptors (Lipinski definition) is 4. The molecule has 0 fully saturated rings. The van der Waals surface area contributed by atoms with E-state index in [0.29, 0.717) is 14.7 Å². The van der Waals surface area contributed by atoms with Crippen LogP contribution < -0.4 is 5.56 Å². The molecule has 2 heterocycles. The Morgan fingerprint density at radius 2 is 1.97 bits per heavy atom. The van der Waals surface area contributed by atoms with Crippen LogP contribution in [-0.4, -0.2) is 51.9 Å². The average molecular weight is 562 g/mol. The SMILES string of the molecule is CC(C)n1c(C(=O)N(C)C)c2c(c(O)c1=O)C(=O)N(Cc1cc(Cl)c(F)cc1I)CC2. The molecular weight excluding hydrogens is 540 g/mol. The zero-order valence-electron chi connectivity index (χ0n) is 17.5. The first-order chi connectivity index (χ1) is 14.5. The van der Waals surface area contributed by atoms with Crippen molar-refractivity contribution in [1.82, 2.24) is 14.4 Å². The molecule has 7 nitrogen and oxygen atoms in total. The van der Waals surface area contributed by atoms with Gasteiger partial charge in [0.1, 0.15) is 11.5 Å². The molecular formula is C21H22ClFIN3O4. The molecule has 1 N–H and O–H groups in total. The van der Waals surface area contributed by atoms with Gasteiger partial charge in [0.05, 0.1) is 10.6 Å². The number of fused-ring (bicyclic) bond motifs is 1. The second-order valence-electron chi connectivity index (χ2n) is 7.85. The number of aromatic hydroxyl groups is 1. The first kappa shape index (κ1) is 23.5. The summed E-state index contributed by atoms with van der Waals surface area (Å²) in [6.45, 7) is 3.86. The fraction of sp³-hybridized carbons (Fsp3) is 0.381. The maximum atomic E-state index is 13.7. The monoisotopic (exact) mass is 561 g/mol. The summed E-state index contributed by atoms with van der Waals surface area (Å²) in [7, 11) is 3.13. The van der Waals surface area contributed by atoms with Crippen LogP contribution in [0.15, 0.2) is 16.9 Å². The summed E-state index contributed by atoms with van der Waals surface area (Å²) in [5.74, 6) is -2.19. The fourth-order valence-electron chi connectivity index (χ4n) is 3.69. The minimum Gasteiger partial charge on any atom is -0.502 e. The molecule has 0 radical (unpaired) electrons. The summed E-state index contributed by atoms with van der Waals surface area (Å²) in [5, 5.41) is 10.6. The Morgan fingerprint density at radius 3 is 2.55 bits per heavy atom. The summed E-state index contributed by atoms with van der Waals surface area (Å²) in [6.07, 6.45) is 0.280. The Morgan fingerprint density at radius 1 is 1.32 bits per heavy atom. The molecule has 0 atom stereocenters. The number of carbonyl (C=O) groups is 2. The predicted octanol–water partition coefficient (Wildman–Crippen LogP) is 3.43. The van der Waals surface area contributed by atoms with Gasteiger partial charge in [-0.15, -0.1) is 0 Å². The maximum Gasteiger partial charge on any atom is 0.294 e. The number of amides is 2.